The molecule has 0 saturated heterocycles. The molecule has 3 rings (SSSR count). The van der Waals surface area contributed by atoms with Gasteiger partial charge in [0, 0.05) is 0 Å². The van der Waals surface area contributed by atoms with Crippen molar-refractivity contribution in [2.45, 2.75) is 19.4 Å². The van der Waals surface area contributed by atoms with Crippen molar-refractivity contribution in [1.29, 1.82) is 0 Å². The van der Waals surface area contributed by atoms with Gasteiger partial charge in [0.05, 0.1) is 6.04 Å². The molecule has 0 bridgehead atoms. The lowest BCUT2D eigenvalue weighted by Crippen LogP contribution is -2.19. The minimum Gasteiger partial charge on any atom is -0.338 e. The van der Waals surface area contributed by atoms with Gasteiger partial charge in [0.2, 0.25) is 5.89 Å². The van der Waals surface area contributed by atoms with E-state index >= 15 is 0 Å². The molecule has 2 aromatic carbocycles. The highest BCUT2D eigenvalue weighted by Gasteiger charge is 2.16. The van der Waals surface area contributed by atoms with Gasteiger partial charge in [-0.1, -0.05) is 47.6 Å². The van der Waals surface area contributed by atoms with Crippen LogP contribution in [0.1, 0.15) is 23.3 Å². The predicted octanol–water partition coefficient (Wildman–Crippen LogP) is 3.46. The van der Waals surface area contributed by atoms with Gasteiger partial charge in [-0.2, -0.15) is 4.98 Å². The van der Waals surface area contributed by atoms with Crippen molar-refractivity contribution in [3.8, 4) is 0 Å². The maximum absolute atomic E-state index is 5.25. The smallest absolute Gasteiger partial charge is 0.244 e. The van der Waals surface area contributed by atoms with Gasteiger partial charge in [-0.3, -0.25) is 0 Å². The number of rotatable bonds is 4. The zero-order chi connectivity index (χ0) is 13.9. The third-order valence-electron chi connectivity index (χ3n) is 3.44. The van der Waals surface area contributed by atoms with E-state index in [1.54, 1.807) is 0 Å². The minimum absolute atomic E-state index is 0. The first-order valence-corrected chi connectivity index (χ1v) is 6.71. The molecule has 21 heavy (non-hydrogen) atoms. The molecule has 1 atom stereocenters. The van der Waals surface area contributed by atoms with Gasteiger partial charge < -0.3 is 9.84 Å². The van der Waals surface area contributed by atoms with E-state index in [0.717, 1.165) is 6.42 Å². The standard InChI is InChI=1S/C16H17N3O.ClH/c1-11-18-16(20-19-11)15(17-2)10-12-7-8-13-5-3-4-6-14(13)9-12;/h3-9,15,17H,10H2,1-2H3;1H/t15-;/m1./s1. The van der Waals surface area contributed by atoms with Crippen molar-refractivity contribution in [3.05, 3.63) is 59.7 Å². The molecule has 0 saturated carbocycles. The highest BCUT2D eigenvalue weighted by molar-refractivity contribution is 5.85. The summed E-state index contributed by atoms with van der Waals surface area (Å²) in [5.41, 5.74) is 1.25. The van der Waals surface area contributed by atoms with Crippen LogP contribution in [-0.4, -0.2) is 17.2 Å². The maximum Gasteiger partial charge on any atom is 0.244 e. The number of hydrogen-bond acceptors (Lipinski definition) is 4. The van der Waals surface area contributed by atoms with E-state index in [0.29, 0.717) is 11.7 Å². The van der Waals surface area contributed by atoms with Crippen LogP contribution in [0.25, 0.3) is 10.8 Å². The molecule has 0 aliphatic heterocycles. The Morgan fingerprint density at radius 1 is 1.14 bits per heavy atom. The molecule has 5 heteroatoms. The van der Waals surface area contributed by atoms with Crippen LogP contribution in [-0.2, 0) is 6.42 Å². The Hall–Kier alpha value is -1.91. The van der Waals surface area contributed by atoms with Crippen LogP contribution < -0.4 is 5.32 Å². The molecule has 1 heterocycles. The van der Waals surface area contributed by atoms with Crippen LogP contribution in [0.15, 0.2) is 47.0 Å². The van der Waals surface area contributed by atoms with Crippen LogP contribution in [0.3, 0.4) is 0 Å². The van der Waals surface area contributed by atoms with Gasteiger partial charge in [-0.15, -0.1) is 12.4 Å². The lowest BCUT2D eigenvalue weighted by molar-refractivity contribution is 0.335. The molecule has 0 aliphatic rings. The van der Waals surface area contributed by atoms with Gasteiger partial charge in [0.25, 0.3) is 0 Å². The van der Waals surface area contributed by atoms with Gasteiger partial charge in [-0.05, 0) is 36.7 Å². The maximum atomic E-state index is 5.25. The van der Waals surface area contributed by atoms with Crippen LogP contribution >= 0.6 is 12.4 Å². The lowest BCUT2D eigenvalue weighted by atomic mass is 10.0. The molecule has 3 aromatic rings. The van der Waals surface area contributed by atoms with Crippen molar-refractivity contribution in [2.75, 3.05) is 7.05 Å². The molecular formula is C16H18ClN3O. The van der Waals surface area contributed by atoms with E-state index in [1.807, 2.05) is 14.0 Å². The van der Waals surface area contributed by atoms with Crippen LogP contribution in [0.5, 0.6) is 0 Å². The van der Waals surface area contributed by atoms with Gasteiger partial charge >= 0.3 is 0 Å². The molecule has 1 aromatic heterocycles. The number of aromatic nitrogens is 2. The summed E-state index contributed by atoms with van der Waals surface area (Å²) >= 11 is 0. The van der Waals surface area contributed by atoms with E-state index < -0.39 is 0 Å². The zero-order valence-electron chi connectivity index (χ0n) is 12.0. The third-order valence-corrected chi connectivity index (χ3v) is 3.44. The molecule has 0 aliphatic carbocycles. The van der Waals surface area contributed by atoms with E-state index in [4.69, 9.17) is 4.52 Å². The Morgan fingerprint density at radius 3 is 2.57 bits per heavy atom. The number of fused-ring (bicyclic) bond motifs is 1. The number of aryl methyl sites for hydroxylation is 1. The first-order chi connectivity index (χ1) is 9.76. The average molecular weight is 304 g/mol. The van der Waals surface area contributed by atoms with E-state index in [-0.39, 0.29) is 18.4 Å². The molecule has 4 nitrogen and oxygen atoms in total. The summed E-state index contributed by atoms with van der Waals surface area (Å²) in [6.45, 7) is 1.83. The summed E-state index contributed by atoms with van der Waals surface area (Å²) < 4.78 is 5.25. The first kappa shape index (κ1) is 15.5. The summed E-state index contributed by atoms with van der Waals surface area (Å²) in [7, 11) is 1.91. The van der Waals surface area contributed by atoms with Crippen molar-refractivity contribution < 1.29 is 4.52 Å². The average Bonchev–Trinajstić information content (AvgIpc) is 2.91. The van der Waals surface area contributed by atoms with Crippen LogP contribution in [0, 0.1) is 6.92 Å². The predicted molar refractivity (Wildman–Crippen MR) is 85.7 cm³/mol. The van der Waals surface area contributed by atoms with E-state index in [9.17, 15) is 0 Å². The highest BCUT2D eigenvalue weighted by atomic mass is 35.5. The molecule has 110 valence electrons. The monoisotopic (exact) mass is 303 g/mol. The molecule has 0 radical (unpaired) electrons. The topological polar surface area (TPSA) is 51.0 Å². The second-order valence-electron chi connectivity index (χ2n) is 4.91. The number of likely N-dealkylation sites (N-methyl/N-ethyl adjacent to an activating group) is 1. The second kappa shape index (κ2) is 6.70. The molecule has 0 spiro atoms. The Balaban J connectivity index is 0.00000161. The summed E-state index contributed by atoms with van der Waals surface area (Å²) in [6, 6.07) is 14.9. The van der Waals surface area contributed by atoms with E-state index in [2.05, 4.69) is 57.9 Å². The molecule has 1 N–H and O–H groups in total. The first-order valence-electron chi connectivity index (χ1n) is 6.71. The lowest BCUT2D eigenvalue weighted by Gasteiger charge is -2.12. The molecule has 0 fully saturated rings. The van der Waals surface area contributed by atoms with Crippen LogP contribution in [0.4, 0.5) is 0 Å². The van der Waals surface area contributed by atoms with Gasteiger partial charge in [0.15, 0.2) is 5.82 Å². The Labute approximate surface area is 130 Å². The Bertz CT molecular complexity index is 726. The number of benzene rings is 2. The largest absolute Gasteiger partial charge is 0.338 e. The molecule has 0 unspecified atom stereocenters. The fourth-order valence-corrected chi connectivity index (χ4v) is 2.37. The normalized spacial score (nSPS) is 12.1. The van der Waals surface area contributed by atoms with Gasteiger partial charge in [0.1, 0.15) is 0 Å². The van der Waals surface area contributed by atoms with Crippen molar-refractivity contribution >= 4 is 23.2 Å². The number of nitrogens with one attached hydrogen (secondary N) is 1. The Kier molecular flexibility index (Phi) is 4.94. The van der Waals surface area contributed by atoms with Crippen LogP contribution in [0.2, 0.25) is 0 Å². The van der Waals surface area contributed by atoms with Gasteiger partial charge in [-0.25, -0.2) is 0 Å². The number of hydrogen-bond donors (Lipinski definition) is 1. The van der Waals surface area contributed by atoms with E-state index in [1.165, 1.54) is 16.3 Å². The second-order valence-corrected chi connectivity index (χ2v) is 4.91. The summed E-state index contributed by atoms with van der Waals surface area (Å²) in [5.74, 6) is 1.30. The van der Waals surface area contributed by atoms with Crippen molar-refractivity contribution in [2.24, 2.45) is 0 Å². The van der Waals surface area contributed by atoms with Crippen molar-refractivity contribution in [3.63, 3.8) is 0 Å². The summed E-state index contributed by atoms with van der Waals surface area (Å²) in [5, 5.41) is 9.59. The fraction of sp³-hybridized carbons (Fsp3) is 0.250. The summed E-state index contributed by atoms with van der Waals surface area (Å²) in [6.07, 6.45) is 0.822. The third kappa shape index (κ3) is 3.40. The molecule has 0 amide bonds. The molecular weight excluding hydrogens is 286 g/mol. The Morgan fingerprint density at radius 2 is 1.90 bits per heavy atom. The van der Waals surface area contributed by atoms with Crippen molar-refractivity contribution in [1.82, 2.24) is 15.5 Å². The fourth-order valence-electron chi connectivity index (χ4n) is 2.37. The minimum atomic E-state index is 0. The quantitative estimate of drug-likeness (QED) is 0.802. The number of halogens is 1. The number of nitrogens with zero attached hydrogens (tertiary/aromatic N) is 2. The highest BCUT2D eigenvalue weighted by Crippen LogP contribution is 2.20. The zero-order valence-corrected chi connectivity index (χ0v) is 12.9. The SMILES string of the molecule is CN[C@H](Cc1ccc2ccccc2c1)c1nc(C)no1.Cl. The summed E-state index contributed by atoms with van der Waals surface area (Å²) in [4.78, 5) is 4.30.